The Morgan fingerprint density at radius 2 is 1.79 bits per heavy atom. The smallest absolute Gasteiger partial charge is 0.120 e. The molecule has 3 rings (SSSR count). The van der Waals surface area contributed by atoms with Crippen molar-refractivity contribution < 1.29 is 5.11 Å². The first-order valence-corrected chi connectivity index (χ1v) is 10.3. The molecule has 6 nitrogen and oxygen atoms in total. The maximum absolute atomic E-state index is 10.5. The molecule has 0 amide bonds. The second-order valence-electron chi connectivity index (χ2n) is 8.67. The van der Waals surface area contributed by atoms with Crippen LogP contribution >= 0.6 is 0 Å². The van der Waals surface area contributed by atoms with Crippen molar-refractivity contribution in [3.05, 3.63) is 65.3 Å². The Kier molecular flexibility index (Phi) is 5.85. The molecule has 2 unspecified atom stereocenters. The van der Waals surface area contributed by atoms with Gasteiger partial charge >= 0.3 is 0 Å². The van der Waals surface area contributed by atoms with Crippen LogP contribution in [0.3, 0.4) is 0 Å². The number of allylic oxidation sites excluding steroid dienone is 1. The number of likely N-dealkylation sites (tertiary alicyclic amines) is 1. The first-order chi connectivity index (χ1) is 13.6. The van der Waals surface area contributed by atoms with Crippen LogP contribution in [-0.2, 0) is 0 Å². The molecule has 2 bridgehead atoms. The van der Waals surface area contributed by atoms with Gasteiger partial charge in [0, 0.05) is 49.2 Å². The SMILES string of the molecule is C=C(N1C2CCC1CN(C(/C=C(\N)c1ccccc1C)=C(\N)NC)C2)C(C)(C)O. The van der Waals surface area contributed by atoms with Gasteiger partial charge in [-0.15, -0.1) is 0 Å². The van der Waals surface area contributed by atoms with Gasteiger partial charge in [0.1, 0.15) is 5.82 Å². The topological polar surface area (TPSA) is 90.8 Å². The van der Waals surface area contributed by atoms with Gasteiger partial charge in [0.05, 0.1) is 11.3 Å². The van der Waals surface area contributed by atoms with Gasteiger partial charge in [0.15, 0.2) is 0 Å². The summed E-state index contributed by atoms with van der Waals surface area (Å²) in [6.07, 6.45) is 4.15. The third kappa shape index (κ3) is 4.22. The molecule has 29 heavy (non-hydrogen) atoms. The number of nitrogens with two attached hydrogens (primary N) is 2. The molecule has 6 N–H and O–H groups in total. The molecule has 2 aliphatic rings. The summed E-state index contributed by atoms with van der Waals surface area (Å²) in [7, 11) is 1.83. The average molecular weight is 398 g/mol. The van der Waals surface area contributed by atoms with Crippen LogP contribution in [0.15, 0.2) is 54.1 Å². The molecule has 2 saturated heterocycles. The fourth-order valence-electron chi connectivity index (χ4n) is 4.45. The van der Waals surface area contributed by atoms with E-state index in [1.165, 1.54) is 0 Å². The predicted molar refractivity (Wildman–Crippen MR) is 119 cm³/mol. The normalized spacial score (nSPS) is 23.1. The van der Waals surface area contributed by atoms with Gasteiger partial charge in [-0.25, -0.2) is 0 Å². The minimum atomic E-state index is -0.916. The second kappa shape index (κ2) is 8.03. The molecule has 1 aromatic carbocycles. The molecule has 2 heterocycles. The Bertz CT molecular complexity index is 822. The number of hydrogen-bond acceptors (Lipinski definition) is 6. The molecular formula is C23H35N5O. The highest BCUT2D eigenvalue weighted by Crippen LogP contribution is 2.37. The zero-order chi connectivity index (χ0) is 21.3. The Labute approximate surface area is 174 Å². The zero-order valence-corrected chi connectivity index (χ0v) is 18.1. The molecule has 0 radical (unpaired) electrons. The fourth-order valence-corrected chi connectivity index (χ4v) is 4.45. The maximum atomic E-state index is 10.5. The summed E-state index contributed by atoms with van der Waals surface area (Å²) in [4.78, 5) is 4.63. The van der Waals surface area contributed by atoms with Crippen molar-refractivity contribution >= 4 is 5.70 Å². The summed E-state index contributed by atoms with van der Waals surface area (Å²) in [5.74, 6) is 0.607. The molecule has 6 heteroatoms. The highest BCUT2D eigenvalue weighted by atomic mass is 16.3. The standard InChI is InChI=1S/C23H35N5O/c1-15-8-6-7-9-19(15)20(24)12-21(22(25)26-5)27-13-17-10-11-18(14-27)28(17)16(2)23(3,4)29/h6-9,12,17-18,26,29H,2,10-11,13-14,24-25H2,1,3-5H3/b20-12-,22-21+. The number of benzene rings is 1. The Balaban J connectivity index is 1.89. The van der Waals surface area contributed by atoms with Crippen molar-refractivity contribution in [2.24, 2.45) is 11.5 Å². The minimum Gasteiger partial charge on any atom is -0.398 e. The third-order valence-electron chi connectivity index (χ3n) is 6.13. The number of aliphatic hydroxyl groups is 1. The van der Waals surface area contributed by atoms with E-state index in [2.05, 4.69) is 34.7 Å². The van der Waals surface area contributed by atoms with E-state index in [9.17, 15) is 5.11 Å². The summed E-state index contributed by atoms with van der Waals surface area (Å²) in [5.41, 5.74) is 16.5. The van der Waals surface area contributed by atoms with Gasteiger partial charge in [-0.1, -0.05) is 30.8 Å². The van der Waals surface area contributed by atoms with Crippen LogP contribution in [0.1, 0.15) is 37.8 Å². The average Bonchev–Trinajstić information content (AvgIpc) is 2.93. The molecule has 158 valence electrons. The highest BCUT2D eigenvalue weighted by molar-refractivity contribution is 5.68. The second-order valence-corrected chi connectivity index (χ2v) is 8.67. The number of nitrogens with one attached hydrogen (secondary N) is 1. The summed E-state index contributed by atoms with van der Waals surface area (Å²) in [6.45, 7) is 11.5. The van der Waals surface area contributed by atoms with E-state index < -0.39 is 5.60 Å². The molecule has 0 saturated carbocycles. The van der Waals surface area contributed by atoms with E-state index in [4.69, 9.17) is 11.5 Å². The number of rotatable bonds is 6. The van der Waals surface area contributed by atoms with Crippen LogP contribution in [-0.4, -0.2) is 52.7 Å². The zero-order valence-electron chi connectivity index (χ0n) is 18.1. The van der Waals surface area contributed by atoms with Crippen molar-refractivity contribution in [2.45, 2.75) is 51.3 Å². The van der Waals surface area contributed by atoms with Crippen LogP contribution in [0.25, 0.3) is 5.70 Å². The molecule has 2 atom stereocenters. The lowest BCUT2D eigenvalue weighted by Crippen LogP contribution is -2.55. The van der Waals surface area contributed by atoms with Crippen LogP contribution < -0.4 is 16.8 Å². The van der Waals surface area contributed by atoms with Gasteiger partial charge in [0.2, 0.25) is 0 Å². The lowest BCUT2D eigenvalue weighted by molar-refractivity contribution is 0.0403. The quantitative estimate of drug-likeness (QED) is 0.550. The van der Waals surface area contributed by atoms with Gasteiger partial charge in [-0.05, 0) is 45.3 Å². The number of fused-ring (bicyclic) bond motifs is 2. The number of piperazine rings is 1. The molecule has 1 aromatic rings. The Morgan fingerprint density at radius 3 is 2.31 bits per heavy atom. The summed E-state index contributed by atoms with van der Waals surface area (Å²) in [5, 5.41) is 13.5. The summed E-state index contributed by atoms with van der Waals surface area (Å²) in [6, 6.07) is 8.71. The number of hydrogen-bond donors (Lipinski definition) is 4. The number of nitrogens with zero attached hydrogens (tertiary/aromatic N) is 2. The van der Waals surface area contributed by atoms with Crippen LogP contribution in [0, 0.1) is 6.92 Å². The van der Waals surface area contributed by atoms with Crippen molar-refractivity contribution in [1.82, 2.24) is 15.1 Å². The van der Waals surface area contributed by atoms with Gasteiger partial charge in [0.25, 0.3) is 0 Å². The Hall–Kier alpha value is -2.60. The molecule has 2 aliphatic heterocycles. The predicted octanol–water partition coefficient (Wildman–Crippen LogP) is 2.08. The molecular weight excluding hydrogens is 362 g/mol. The fraction of sp³-hybridized carbons (Fsp3) is 0.478. The van der Waals surface area contributed by atoms with Crippen molar-refractivity contribution in [1.29, 1.82) is 0 Å². The lowest BCUT2D eigenvalue weighted by atomic mass is 10.0. The third-order valence-corrected chi connectivity index (χ3v) is 6.13. The van der Waals surface area contributed by atoms with E-state index in [-0.39, 0.29) is 0 Å². The van der Waals surface area contributed by atoms with Gasteiger partial charge in [-0.2, -0.15) is 0 Å². The first kappa shape index (κ1) is 21.1. The molecule has 0 aliphatic carbocycles. The van der Waals surface area contributed by atoms with Gasteiger partial charge in [-0.3, -0.25) is 0 Å². The van der Waals surface area contributed by atoms with Crippen molar-refractivity contribution in [2.75, 3.05) is 20.1 Å². The summed E-state index contributed by atoms with van der Waals surface area (Å²) < 4.78 is 0. The summed E-state index contributed by atoms with van der Waals surface area (Å²) >= 11 is 0. The van der Waals surface area contributed by atoms with E-state index in [1.807, 2.05) is 31.3 Å². The van der Waals surface area contributed by atoms with Crippen LogP contribution in [0.5, 0.6) is 0 Å². The van der Waals surface area contributed by atoms with Crippen molar-refractivity contribution in [3.63, 3.8) is 0 Å². The molecule has 0 aromatic heterocycles. The van der Waals surface area contributed by atoms with Crippen LogP contribution in [0.2, 0.25) is 0 Å². The van der Waals surface area contributed by atoms with Crippen molar-refractivity contribution in [3.8, 4) is 0 Å². The molecule has 0 spiro atoms. The lowest BCUT2D eigenvalue weighted by Gasteiger charge is -2.47. The monoisotopic (exact) mass is 397 g/mol. The van der Waals surface area contributed by atoms with E-state index >= 15 is 0 Å². The molecule has 2 fully saturated rings. The minimum absolute atomic E-state index is 0.306. The highest BCUT2D eigenvalue weighted by Gasteiger charge is 2.43. The number of aryl methyl sites for hydroxylation is 1. The first-order valence-electron chi connectivity index (χ1n) is 10.3. The van der Waals surface area contributed by atoms with Crippen LogP contribution in [0.4, 0.5) is 0 Å². The van der Waals surface area contributed by atoms with E-state index in [0.717, 1.165) is 48.5 Å². The van der Waals surface area contributed by atoms with E-state index in [1.54, 1.807) is 13.8 Å². The van der Waals surface area contributed by atoms with Gasteiger partial charge < -0.3 is 31.7 Å². The maximum Gasteiger partial charge on any atom is 0.120 e. The van der Waals surface area contributed by atoms with E-state index in [0.29, 0.717) is 23.6 Å². The Morgan fingerprint density at radius 1 is 1.21 bits per heavy atom. The largest absolute Gasteiger partial charge is 0.398 e.